The first kappa shape index (κ1) is 21.6. The summed E-state index contributed by atoms with van der Waals surface area (Å²) < 4.78 is 21.7. The van der Waals surface area contributed by atoms with Gasteiger partial charge in [0.05, 0.1) is 0 Å². The first-order valence-electron chi connectivity index (χ1n) is 9.87. The molecule has 0 bridgehead atoms. The van der Waals surface area contributed by atoms with Gasteiger partial charge in [-0.15, -0.1) is 0 Å². The molecule has 2 saturated heterocycles. The Bertz CT molecular complexity index is 440. The number of fused-ring (bicyclic) bond motifs is 1. The smallest absolute Gasteiger partial charge is 0.305 e. The zero-order valence-electron chi connectivity index (χ0n) is 16.2. The number of aliphatic hydroxyl groups excluding tert-OH is 2. The topological polar surface area (TPSA) is 94.5 Å². The molecule has 0 unspecified atom stereocenters. The van der Waals surface area contributed by atoms with E-state index in [0.717, 1.165) is 19.3 Å². The molecule has 0 aliphatic carbocycles. The lowest BCUT2D eigenvalue weighted by atomic mass is 10.1. The second-order valence-electron chi connectivity index (χ2n) is 7.68. The molecule has 0 aromatic rings. The summed E-state index contributed by atoms with van der Waals surface area (Å²) >= 11 is 0. The Hall–Kier alpha value is -0.730. The summed E-state index contributed by atoms with van der Waals surface area (Å²) in [6.45, 7) is 5.45. The number of carbonyl (C=O) groups is 1. The molecule has 0 amide bonds. The van der Waals surface area contributed by atoms with Crippen LogP contribution >= 0.6 is 0 Å². The third kappa shape index (κ3) is 6.16. The van der Waals surface area contributed by atoms with Crippen molar-refractivity contribution in [2.75, 3.05) is 6.61 Å². The molecule has 7 heteroatoms. The van der Waals surface area contributed by atoms with Gasteiger partial charge in [-0.1, -0.05) is 45.4 Å². The highest BCUT2D eigenvalue weighted by atomic mass is 16.8. The normalized spacial score (nSPS) is 31.0. The van der Waals surface area contributed by atoms with Gasteiger partial charge in [-0.2, -0.15) is 0 Å². The Morgan fingerprint density at radius 1 is 1.12 bits per heavy atom. The lowest BCUT2D eigenvalue weighted by Crippen LogP contribution is -2.43. The van der Waals surface area contributed by atoms with Crippen LogP contribution in [0.25, 0.3) is 0 Å². The predicted molar refractivity (Wildman–Crippen MR) is 94.3 cm³/mol. The molecule has 2 heterocycles. The van der Waals surface area contributed by atoms with Crippen LogP contribution in [0.1, 0.15) is 72.1 Å². The van der Waals surface area contributed by atoms with Gasteiger partial charge in [0.15, 0.2) is 12.1 Å². The van der Waals surface area contributed by atoms with Crippen LogP contribution in [0.2, 0.25) is 0 Å². The fraction of sp³-hybridized carbons (Fsp3) is 0.947. The van der Waals surface area contributed by atoms with Crippen LogP contribution in [0.5, 0.6) is 0 Å². The molecule has 0 spiro atoms. The molecule has 0 saturated carbocycles. The van der Waals surface area contributed by atoms with Gasteiger partial charge in [-0.05, 0) is 20.3 Å². The van der Waals surface area contributed by atoms with Gasteiger partial charge in [0.25, 0.3) is 0 Å². The van der Waals surface area contributed by atoms with Gasteiger partial charge in [0.1, 0.15) is 31.0 Å². The molecule has 2 fully saturated rings. The second kappa shape index (κ2) is 9.99. The van der Waals surface area contributed by atoms with E-state index in [1.54, 1.807) is 13.8 Å². The Morgan fingerprint density at radius 2 is 1.77 bits per heavy atom. The molecule has 0 radical (unpaired) electrons. The van der Waals surface area contributed by atoms with E-state index in [2.05, 4.69) is 6.92 Å². The number of rotatable bonds is 11. The maximum absolute atomic E-state index is 11.8. The average molecular weight is 374 g/mol. The lowest BCUT2D eigenvalue weighted by Gasteiger charge is -2.25. The van der Waals surface area contributed by atoms with E-state index in [1.165, 1.54) is 25.7 Å². The zero-order chi connectivity index (χ0) is 19.2. The second-order valence-corrected chi connectivity index (χ2v) is 7.68. The van der Waals surface area contributed by atoms with Gasteiger partial charge in [-0.25, -0.2) is 0 Å². The minimum Gasteiger partial charge on any atom is -0.463 e. The highest BCUT2D eigenvalue weighted by Gasteiger charge is 2.56. The molecule has 2 aliphatic heterocycles. The summed E-state index contributed by atoms with van der Waals surface area (Å²) in [5.74, 6) is -1.16. The van der Waals surface area contributed by atoms with Gasteiger partial charge in [0.2, 0.25) is 0 Å². The van der Waals surface area contributed by atoms with Crippen molar-refractivity contribution in [3.05, 3.63) is 0 Å². The van der Waals surface area contributed by atoms with Crippen molar-refractivity contribution in [1.82, 2.24) is 0 Å². The standard InChI is InChI=1S/C19H34O7/c1-4-5-6-7-8-9-10-11-14(21)23-12-13(20)16-15(22)17-18(24-16)26-19(2,3)25-17/h13,15-18,20,22H,4-12H2,1-3H3/t13-,15+,16-,17-,18-/m1/s1. The van der Waals surface area contributed by atoms with Gasteiger partial charge in [0, 0.05) is 6.42 Å². The summed E-state index contributed by atoms with van der Waals surface area (Å²) in [7, 11) is 0. The first-order valence-corrected chi connectivity index (χ1v) is 9.87. The Morgan fingerprint density at radius 3 is 2.42 bits per heavy atom. The SMILES string of the molecule is CCCCCCCCCC(=O)OC[C@@H](O)[C@H]1O[C@@H]2OC(C)(C)O[C@@H]2[C@H]1O. The van der Waals surface area contributed by atoms with Crippen molar-refractivity contribution < 1.29 is 34.0 Å². The van der Waals surface area contributed by atoms with E-state index in [-0.39, 0.29) is 12.6 Å². The molecule has 2 aliphatic rings. The molecule has 152 valence electrons. The van der Waals surface area contributed by atoms with Crippen molar-refractivity contribution >= 4 is 5.97 Å². The van der Waals surface area contributed by atoms with E-state index in [1.807, 2.05) is 0 Å². The quantitative estimate of drug-likeness (QED) is 0.423. The number of esters is 1. The Balaban J connectivity index is 1.59. The minimum atomic E-state index is -1.12. The number of ether oxygens (including phenoxy) is 4. The third-order valence-electron chi connectivity index (χ3n) is 4.83. The number of hydrogen-bond acceptors (Lipinski definition) is 7. The Kier molecular flexibility index (Phi) is 8.29. The van der Waals surface area contributed by atoms with Crippen LogP contribution in [0.3, 0.4) is 0 Å². The third-order valence-corrected chi connectivity index (χ3v) is 4.83. The maximum atomic E-state index is 11.8. The van der Waals surface area contributed by atoms with E-state index < -0.39 is 36.5 Å². The molecule has 5 atom stereocenters. The Labute approximate surface area is 156 Å². The van der Waals surface area contributed by atoms with Crippen LogP contribution in [0, 0.1) is 0 Å². The molecule has 7 nitrogen and oxygen atoms in total. The predicted octanol–water partition coefficient (Wildman–Crippen LogP) is 2.27. The van der Waals surface area contributed by atoms with E-state index in [9.17, 15) is 15.0 Å². The molecular formula is C19H34O7. The zero-order valence-corrected chi connectivity index (χ0v) is 16.2. The van der Waals surface area contributed by atoms with Crippen LogP contribution in [0.15, 0.2) is 0 Å². The largest absolute Gasteiger partial charge is 0.463 e. The maximum Gasteiger partial charge on any atom is 0.305 e. The van der Waals surface area contributed by atoms with Crippen molar-refractivity contribution in [1.29, 1.82) is 0 Å². The minimum absolute atomic E-state index is 0.208. The molecular weight excluding hydrogens is 340 g/mol. The summed E-state index contributed by atoms with van der Waals surface area (Å²) in [5, 5.41) is 20.4. The summed E-state index contributed by atoms with van der Waals surface area (Å²) in [4.78, 5) is 11.8. The van der Waals surface area contributed by atoms with Crippen LogP contribution in [-0.2, 0) is 23.7 Å². The summed E-state index contributed by atoms with van der Waals surface area (Å²) in [6, 6.07) is 0. The van der Waals surface area contributed by atoms with Crippen molar-refractivity contribution in [2.24, 2.45) is 0 Å². The van der Waals surface area contributed by atoms with Crippen molar-refractivity contribution in [3.63, 3.8) is 0 Å². The highest BCUT2D eigenvalue weighted by molar-refractivity contribution is 5.69. The number of hydrogen-bond donors (Lipinski definition) is 2. The summed E-state index contributed by atoms with van der Waals surface area (Å²) in [5.41, 5.74) is 0. The molecule has 0 aromatic heterocycles. The molecule has 26 heavy (non-hydrogen) atoms. The molecule has 2 rings (SSSR count). The van der Waals surface area contributed by atoms with E-state index >= 15 is 0 Å². The van der Waals surface area contributed by atoms with Crippen LogP contribution in [-0.4, -0.2) is 59.3 Å². The van der Waals surface area contributed by atoms with Crippen molar-refractivity contribution in [3.8, 4) is 0 Å². The average Bonchev–Trinajstić information content (AvgIpc) is 3.05. The monoisotopic (exact) mass is 374 g/mol. The molecule has 2 N–H and O–H groups in total. The lowest BCUT2D eigenvalue weighted by molar-refractivity contribution is -0.228. The van der Waals surface area contributed by atoms with Crippen LogP contribution in [0.4, 0.5) is 0 Å². The number of carbonyl (C=O) groups excluding carboxylic acids is 1. The first-order chi connectivity index (χ1) is 12.3. The fourth-order valence-corrected chi connectivity index (χ4v) is 3.41. The summed E-state index contributed by atoms with van der Waals surface area (Å²) in [6.07, 6.45) is 3.84. The van der Waals surface area contributed by atoms with Gasteiger partial charge in [-0.3, -0.25) is 4.79 Å². The van der Waals surface area contributed by atoms with E-state index in [4.69, 9.17) is 18.9 Å². The van der Waals surface area contributed by atoms with Crippen molar-refractivity contribution in [2.45, 2.75) is 109 Å². The van der Waals surface area contributed by atoms with Gasteiger partial charge >= 0.3 is 5.97 Å². The number of unbranched alkanes of at least 4 members (excludes halogenated alkanes) is 6. The van der Waals surface area contributed by atoms with Gasteiger partial charge < -0.3 is 29.2 Å². The fourth-order valence-electron chi connectivity index (χ4n) is 3.41. The van der Waals surface area contributed by atoms with Crippen LogP contribution < -0.4 is 0 Å². The molecule has 0 aromatic carbocycles. The highest BCUT2D eigenvalue weighted by Crippen LogP contribution is 2.38. The van der Waals surface area contributed by atoms with E-state index in [0.29, 0.717) is 6.42 Å². The number of aliphatic hydroxyl groups is 2.